The standard InChI is InChI=1S/C23H30N2O3/c1-6-17(5)24-23(27)19-9-7-8-10-20(19)25-22(26)14-28-21-13-16(4)11-12-18(21)15(2)3/h7-13,15,17H,6,14H2,1-5H3,(H,24,27)(H,25,26)/t17-/m1/s1. The SMILES string of the molecule is CC[C@@H](C)NC(=O)c1ccccc1NC(=O)COc1cc(C)ccc1C(C)C. The maximum absolute atomic E-state index is 12.5. The fourth-order valence-electron chi connectivity index (χ4n) is 2.77. The molecule has 150 valence electrons. The van der Waals surface area contributed by atoms with Crippen LogP contribution in [0.25, 0.3) is 0 Å². The van der Waals surface area contributed by atoms with E-state index in [-0.39, 0.29) is 24.5 Å². The summed E-state index contributed by atoms with van der Waals surface area (Å²) >= 11 is 0. The van der Waals surface area contributed by atoms with E-state index >= 15 is 0 Å². The molecule has 2 aromatic carbocycles. The first-order valence-corrected chi connectivity index (χ1v) is 9.74. The van der Waals surface area contributed by atoms with Gasteiger partial charge in [0, 0.05) is 6.04 Å². The first-order chi connectivity index (χ1) is 13.3. The second-order valence-electron chi connectivity index (χ2n) is 7.36. The Balaban J connectivity index is 2.07. The van der Waals surface area contributed by atoms with Crippen molar-refractivity contribution in [2.24, 2.45) is 0 Å². The van der Waals surface area contributed by atoms with E-state index in [0.29, 0.717) is 22.9 Å². The van der Waals surface area contributed by atoms with Crippen molar-refractivity contribution in [1.29, 1.82) is 0 Å². The molecule has 0 aliphatic rings. The van der Waals surface area contributed by atoms with Crippen LogP contribution in [-0.2, 0) is 4.79 Å². The van der Waals surface area contributed by atoms with Gasteiger partial charge in [-0.25, -0.2) is 0 Å². The van der Waals surface area contributed by atoms with Gasteiger partial charge in [-0.05, 0) is 55.5 Å². The Hall–Kier alpha value is -2.82. The van der Waals surface area contributed by atoms with Crippen LogP contribution in [0.3, 0.4) is 0 Å². The van der Waals surface area contributed by atoms with Crippen LogP contribution in [0.2, 0.25) is 0 Å². The molecule has 0 aromatic heterocycles. The number of nitrogens with one attached hydrogen (secondary N) is 2. The van der Waals surface area contributed by atoms with Crippen LogP contribution in [-0.4, -0.2) is 24.5 Å². The van der Waals surface area contributed by atoms with Crippen LogP contribution < -0.4 is 15.4 Å². The molecule has 5 heteroatoms. The highest BCUT2D eigenvalue weighted by atomic mass is 16.5. The van der Waals surface area contributed by atoms with Crippen molar-refractivity contribution in [3.63, 3.8) is 0 Å². The van der Waals surface area contributed by atoms with Gasteiger partial charge in [-0.15, -0.1) is 0 Å². The number of ether oxygens (including phenoxy) is 1. The van der Waals surface area contributed by atoms with Gasteiger partial charge in [0.1, 0.15) is 5.75 Å². The van der Waals surface area contributed by atoms with Crippen molar-refractivity contribution in [1.82, 2.24) is 5.32 Å². The number of benzene rings is 2. The minimum atomic E-state index is -0.306. The summed E-state index contributed by atoms with van der Waals surface area (Å²) in [6, 6.07) is 13.1. The Morgan fingerprint density at radius 3 is 2.46 bits per heavy atom. The van der Waals surface area contributed by atoms with Crippen molar-refractivity contribution in [3.8, 4) is 5.75 Å². The summed E-state index contributed by atoms with van der Waals surface area (Å²) in [7, 11) is 0. The lowest BCUT2D eigenvalue weighted by atomic mass is 10.0. The molecule has 0 unspecified atom stereocenters. The molecule has 0 saturated carbocycles. The number of carbonyl (C=O) groups excluding carboxylic acids is 2. The largest absolute Gasteiger partial charge is 0.483 e. The van der Waals surface area contributed by atoms with Gasteiger partial charge in [-0.1, -0.05) is 45.0 Å². The first-order valence-electron chi connectivity index (χ1n) is 9.74. The molecule has 28 heavy (non-hydrogen) atoms. The highest BCUT2D eigenvalue weighted by Gasteiger charge is 2.15. The average Bonchev–Trinajstić information content (AvgIpc) is 2.66. The summed E-state index contributed by atoms with van der Waals surface area (Å²) in [5, 5.41) is 5.71. The lowest BCUT2D eigenvalue weighted by molar-refractivity contribution is -0.118. The van der Waals surface area contributed by atoms with Crippen molar-refractivity contribution in [3.05, 3.63) is 59.2 Å². The Labute approximate surface area is 167 Å². The van der Waals surface area contributed by atoms with E-state index in [9.17, 15) is 9.59 Å². The summed E-state index contributed by atoms with van der Waals surface area (Å²) in [6.45, 7) is 9.99. The first kappa shape index (κ1) is 21.5. The molecule has 1 atom stereocenters. The predicted octanol–water partition coefficient (Wildman–Crippen LogP) is 4.66. The molecule has 0 bridgehead atoms. The van der Waals surface area contributed by atoms with E-state index < -0.39 is 0 Å². The molecule has 2 N–H and O–H groups in total. The van der Waals surface area contributed by atoms with Gasteiger partial charge in [0.15, 0.2) is 6.61 Å². The highest BCUT2D eigenvalue weighted by molar-refractivity contribution is 6.04. The van der Waals surface area contributed by atoms with E-state index in [1.54, 1.807) is 24.3 Å². The van der Waals surface area contributed by atoms with Gasteiger partial charge >= 0.3 is 0 Å². The van der Waals surface area contributed by atoms with Crippen molar-refractivity contribution < 1.29 is 14.3 Å². The quantitative estimate of drug-likeness (QED) is 0.697. The number of amides is 2. The smallest absolute Gasteiger partial charge is 0.262 e. The third-order valence-electron chi connectivity index (χ3n) is 4.59. The minimum Gasteiger partial charge on any atom is -0.483 e. The van der Waals surface area contributed by atoms with E-state index in [0.717, 1.165) is 17.5 Å². The normalized spacial score (nSPS) is 11.8. The zero-order valence-electron chi connectivity index (χ0n) is 17.3. The maximum Gasteiger partial charge on any atom is 0.262 e. The van der Waals surface area contributed by atoms with E-state index in [1.807, 2.05) is 39.0 Å². The van der Waals surface area contributed by atoms with Crippen LogP contribution in [0.4, 0.5) is 5.69 Å². The maximum atomic E-state index is 12.5. The summed E-state index contributed by atoms with van der Waals surface area (Å²) in [5.74, 6) is 0.503. The zero-order valence-corrected chi connectivity index (χ0v) is 17.3. The number of hydrogen-bond donors (Lipinski definition) is 2. The van der Waals surface area contributed by atoms with Crippen LogP contribution >= 0.6 is 0 Å². The lowest BCUT2D eigenvalue weighted by Crippen LogP contribution is -2.33. The van der Waals surface area contributed by atoms with Gasteiger partial charge in [0.25, 0.3) is 11.8 Å². The van der Waals surface area contributed by atoms with Crippen molar-refractivity contribution in [2.45, 2.75) is 53.0 Å². The topological polar surface area (TPSA) is 67.4 Å². The third-order valence-corrected chi connectivity index (χ3v) is 4.59. The third kappa shape index (κ3) is 5.84. The fraction of sp³-hybridized carbons (Fsp3) is 0.391. The summed E-state index contributed by atoms with van der Waals surface area (Å²) < 4.78 is 5.78. The molecule has 5 nitrogen and oxygen atoms in total. The average molecular weight is 383 g/mol. The molecular weight excluding hydrogens is 352 g/mol. The monoisotopic (exact) mass is 382 g/mol. The second-order valence-corrected chi connectivity index (χ2v) is 7.36. The lowest BCUT2D eigenvalue weighted by Gasteiger charge is -2.16. The minimum absolute atomic E-state index is 0.0652. The Morgan fingerprint density at radius 1 is 1.07 bits per heavy atom. The molecule has 2 aromatic rings. The number of hydrogen-bond acceptors (Lipinski definition) is 3. The van der Waals surface area contributed by atoms with Crippen LogP contribution in [0, 0.1) is 6.92 Å². The van der Waals surface area contributed by atoms with Crippen LogP contribution in [0.5, 0.6) is 5.75 Å². The molecule has 0 spiro atoms. The molecule has 0 fully saturated rings. The molecule has 0 heterocycles. The fourth-order valence-corrected chi connectivity index (χ4v) is 2.77. The summed E-state index contributed by atoms with van der Waals surface area (Å²) in [4.78, 5) is 24.9. The van der Waals surface area contributed by atoms with E-state index in [2.05, 4.69) is 24.5 Å². The van der Waals surface area contributed by atoms with Gasteiger partial charge in [0.2, 0.25) is 0 Å². The number of anilines is 1. The number of aryl methyl sites for hydroxylation is 1. The van der Waals surface area contributed by atoms with E-state index in [1.165, 1.54) is 0 Å². The zero-order chi connectivity index (χ0) is 20.7. The molecule has 0 saturated heterocycles. The number of rotatable bonds is 8. The van der Waals surface area contributed by atoms with Crippen molar-refractivity contribution >= 4 is 17.5 Å². The molecule has 0 radical (unpaired) electrons. The molecule has 2 amide bonds. The van der Waals surface area contributed by atoms with E-state index in [4.69, 9.17) is 4.74 Å². The van der Waals surface area contributed by atoms with Gasteiger partial charge in [0.05, 0.1) is 11.3 Å². The molecule has 0 aliphatic carbocycles. The highest BCUT2D eigenvalue weighted by Crippen LogP contribution is 2.27. The number of para-hydroxylation sites is 1. The molecule has 0 aliphatic heterocycles. The Kier molecular flexibility index (Phi) is 7.61. The van der Waals surface area contributed by atoms with Gasteiger partial charge < -0.3 is 15.4 Å². The molecule has 2 rings (SSSR count). The van der Waals surface area contributed by atoms with Gasteiger partial charge in [-0.3, -0.25) is 9.59 Å². The second kappa shape index (κ2) is 9.93. The van der Waals surface area contributed by atoms with Crippen LogP contribution in [0.15, 0.2) is 42.5 Å². The molecular formula is C23H30N2O3. The summed E-state index contributed by atoms with van der Waals surface area (Å²) in [5.41, 5.74) is 3.05. The number of carbonyl (C=O) groups is 2. The van der Waals surface area contributed by atoms with Crippen LogP contribution in [0.1, 0.15) is 61.5 Å². The predicted molar refractivity (Wildman–Crippen MR) is 113 cm³/mol. The van der Waals surface area contributed by atoms with Gasteiger partial charge in [-0.2, -0.15) is 0 Å². The summed E-state index contributed by atoms with van der Waals surface area (Å²) in [6.07, 6.45) is 0.836. The Bertz CT molecular complexity index is 830. The Morgan fingerprint density at radius 2 is 1.79 bits per heavy atom. The van der Waals surface area contributed by atoms with Crippen molar-refractivity contribution in [2.75, 3.05) is 11.9 Å².